The lowest BCUT2D eigenvalue weighted by molar-refractivity contribution is 0.0993. The molecule has 0 bridgehead atoms. The van der Waals surface area contributed by atoms with E-state index < -0.39 is 0 Å². The number of hydrogen-bond donors (Lipinski definition) is 0. The Kier molecular flexibility index (Phi) is 6.55. The number of hydrogen-bond acceptors (Lipinski definition) is 5. The molecule has 0 fully saturated rings. The largest absolute Gasteiger partial charge is 0.383 e. The topological polar surface area (TPSA) is 61.2 Å². The number of nitrogens with zero attached hydrogens (tertiary/aromatic N) is 2. The van der Waals surface area contributed by atoms with Gasteiger partial charge >= 0.3 is 0 Å². The van der Waals surface area contributed by atoms with Crippen molar-refractivity contribution in [1.82, 2.24) is 9.55 Å². The first kappa shape index (κ1) is 21.3. The van der Waals surface area contributed by atoms with Gasteiger partial charge in [0.15, 0.2) is 10.9 Å². The Hall–Kier alpha value is -2.44. The van der Waals surface area contributed by atoms with Crippen molar-refractivity contribution in [2.24, 2.45) is 0 Å². The minimum Gasteiger partial charge on any atom is -0.383 e. The summed E-state index contributed by atoms with van der Waals surface area (Å²) >= 11 is 1.31. The van der Waals surface area contributed by atoms with Crippen molar-refractivity contribution in [3.05, 3.63) is 69.5 Å². The number of methoxy groups -OCH3 is 1. The Morgan fingerprint density at radius 2 is 1.86 bits per heavy atom. The average molecular weight is 411 g/mol. The van der Waals surface area contributed by atoms with Crippen molar-refractivity contribution in [3.63, 3.8) is 0 Å². The summed E-state index contributed by atoms with van der Waals surface area (Å²) in [5.74, 6) is 0.0199. The number of benzene rings is 2. The van der Waals surface area contributed by atoms with Crippen molar-refractivity contribution in [2.75, 3.05) is 13.7 Å². The van der Waals surface area contributed by atoms with Crippen LogP contribution in [-0.4, -0.2) is 34.3 Å². The maximum atomic E-state index is 13.1. The Morgan fingerprint density at radius 3 is 2.55 bits per heavy atom. The fourth-order valence-corrected chi connectivity index (χ4v) is 4.34. The van der Waals surface area contributed by atoms with Gasteiger partial charge in [0.1, 0.15) is 0 Å². The fraction of sp³-hybridized carbons (Fsp3) is 0.348. The Morgan fingerprint density at radius 1 is 1.14 bits per heavy atom. The SMILES string of the molecule is COC[C@@H](C)n1c(S[C@H](C)C(=O)c2ccc(C)c(C)c2)nc2ccccc2c1=O. The van der Waals surface area contributed by atoms with Crippen LogP contribution in [0.1, 0.15) is 41.4 Å². The molecule has 0 saturated carbocycles. The first-order valence-corrected chi connectivity index (χ1v) is 10.5. The minimum absolute atomic E-state index is 0.0199. The van der Waals surface area contributed by atoms with E-state index in [0.717, 1.165) is 11.1 Å². The molecule has 0 aliphatic heterocycles. The number of carbonyl (C=O) groups is 1. The van der Waals surface area contributed by atoms with Gasteiger partial charge in [-0.25, -0.2) is 4.98 Å². The predicted molar refractivity (Wildman–Crippen MR) is 118 cm³/mol. The third kappa shape index (κ3) is 4.43. The zero-order chi connectivity index (χ0) is 21.1. The molecular formula is C23H26N2O3S. The lowest BCUT2D eigenvalue weighted by atomic mass is 10.0. The number of carbonyl (C=O) groups excluding carboxylic acids is 1. The summed E-state index contributed by atoms with van der Waals surface area (Å²) in [6, 6.07) is 12.8. The molecule has 0 unspecified atom stereocenters. The lowest BCUT2D eigenvalue weighted by Gasteiger charge is -2.20. The summed E-state index contributed by atoms with van der Waals surface area (Å²) in [6.45, 7) is 8.18. The molecule has 2 atom stereocenters. The molecule has 6 heteroatoms. The molecule has 29 heavy (non-hydrogen) atoms. The van der Waals surface area contributed by atoms with Gasteiger partial charge < -0.3 is 4.74 Å². The number of para-hydroxylation sites is 1. The molecule has 2 aromatic carbocycles. The van der Waals surface area contributed by atoms with Crippen LogP contribution in [-0.2, 0) is 4.74 Å². The molecule has 1 aromatic heterocycles. The summed E-state index contributed by atoms with van der Waals surface area (Å²) in [7, 11) is 1.61. The molecule has 0 saturated heterocycles. The van der Waals surface area contributed by atoms with Crippen molar-refractivity contribution in [3.8, 4) is 0 Å². The molecule has 0 radical (unpaired) electrons. The molecule has 3 aromatic rings. The van der Waals surface area contributed by atoms with Crippen molar-refractivity contribution in [2.45, 2.75) is 44.1 Å². The third-order valence-electron chi connectivity index (χ3n) is 5.07. The lowest BCUT2D eigenvalue weighted by Crippen LogP contribution is -2.29. The first-order chi connectivity index (χ1) is 13.8. The summed E-state index contributed by atoms with van der Waals surface area (Å²) < 4.78 is 6.90. The van der Waals surface area contributed by atoms with Crippen LogP contribution in [0.3, 0.4) is 0 Å². The first-order valence-electron chi connectivity index (χ1n) is 9.61. The Bertz CT molecular complexity index is 1110. The van der Waals surface area contributed by atoms with Gasteiger partial charge in [-0.3, -0.25) is 14.2 Å². The van der Waals surface area contributed by atoms with Crippen LogP contribution >= 0.6 is 11.8 Å². The molecule has 0 N–H and O–H groups in total. The molecule has 0 spiro atoms. The average Bonchev–Trinajstić information content (AvgIpc) is 2.69. The quantitative estimate of drug-likeness (QED) is 0.324. The molecule has 0 amide bonds. The highest BCUT2D eigenvalue weighted by Crippen LogP contribution is 2.27. The van der Waals surface area contributed by atoms with E-state index >= 15 is 0 Å². The molecule has 152 valence electrons. The van der Waals surface area contributed by atoms with Crippen LogP contribution in [0.4, 0.5) is 0 Å². The molecule has 0 aliphatic rings. The van der Waals surface area contributed by atoms with Gasteiger partial charge in [-0.2, -0.15) is 0 Å². The zero-order valence-corrected chi connectivity index (χ0v) is 18.2. The predicted octanol–water partition coefficient (Wildman–Crippen LogP) is 4.58. The van der Waals surface area contributed by atoms with Crippen LogP contribution in [0.2, 0.25) is 0 Å². The number of Topliss-reactive ketones (excluding diaryl/α,β-unsaturated/α-hetero) is 1. The Balaban J connectivity index is 2.01. The molecule has 5 nitrogen and oxygen atoms in total. The van der Waals surface area contributed by atoms with Crippen molar-refractivity contribution < 1.29 is 9.53 Å². The van der Waals surface area contributed by atoms with E-state index in [1.165, 1.54) is 11.8 Å². The highest BCUT2D eigenvalue weighted by Gasteiger charge is 2.23. The highest BCUT2D eigenvalue weighted by molar-refractivity contribution is 8.00. The third-order valence-corrected chi connectivity index (χ3v) is 6.13. The van der Waals surface area contributed by atoms with Crippen LogP contribution < -0.4 is 5.56 Å². The van der Waals surface area contributed by atoms with Crippen molar-refractivity contribution in [1.29, 1.82) is 0 Å². The molecule has 3 rings (SSSR count). The number of aryl methyl sites for hydroxylation is 2. The van der Waals surface area contributed by atoms with E-state index in [-0.39, 0.29) is 22.6 Å². The van der Waals surface area contributed by atoms with E-state index in [4.69, 9.17) is 9.72 Å². The van der Waals surface area contributed by atoms with Gasteiger partial charge in [0.25, 0.3) is 5.56 Å². The van der Waals surface area contributed by atoms with Crippen LogP contribution in [0.5, 0.6) is 0 Å². The smallest absolute Gasteiger partial charge is 0.262 e. The molecule has 1 heterocycles. The number of thioether (sulfide) groups is 1. The van der Waals surface area contributed by atoms with Gasteiger partial charge in [0, 0.05) is 12.7 Å². The second-order valence-corrected chi connectivity index (χ2v) is 8.62. The van der Waals surface area contributed by atoms with Crippen molar-refractivity contribution >= 4 is 28.4 Å². The standard InChI is InChI=1S/C23H26N2O3S/c1-14-10-11-18(12-15(14)2)21(26)17(4)29-23-24-20-9-7-6-8-19(20)22(27)25(23)16(3)13-28-5/h6-12,16-17H,13H2,1-5H3/t16-,17-/m1/s1. The summed E-state index contributed by atoms with van der Waals surface area (Å²) in [5.41, 5.74) is 3.43. The highest BCUT2D eigenvalue weighted by atomic mass is 32.2. The summed E-state index contributed by atoms with van der Waals surface area (Å²) in [6.07, 6.45) is 0. The molecular weight excluding hydrogens is 384 g/mol. The van der Waals surface area contributed by atoms with Crippen LogP contribution in [0, 0.1) is 13.8 Å². The number of aromatic nitrogens is 2. The zero-order valence-electron chi connectivity index (χ0n) is 17.4. The van der Waals surface area contributed by atoms with Crippen LogP contribution in [0.25, 0.3) is 10.9 Å². The van der Waals surface area contributed by atoms with Gasteiger partial charge in [-0.15, -0.1) is 0 Å². The fourth-order valence-electron chi connectivity index (χ4n) is 3.25. The Labute approximate surface area is 175 Å². The van der Waals surface area contributed by atoms with Gasteiger partial charge in [-0.1, -0.05) is 36.0 Å². The number of ether oxygens (including phenoxy) is 1. The molecule has 0 aliphatic carbocycles. The maximum absolute atomic E-state index is 13.1. The minimum atomic E-state index is -0.383. The number of fused-ring (bicyclic) bond motifs is 1. The second-order valence-electron chi connectivity index (χ2n) is 7.31. The van der Waals surface area contributed by atoms with Gasteiger partial charge in [0.05, 0.1) is 28.8 Å². The van der Waals surface area contributed by atoms with Gasteiger partial charge in [-0.05, 0) is 57.0 Å². The van der Waals surface area contributed by atoms with E-state index in [0.29, 0.717) is 28.2 Å². The normalized spacial score (nSPS) is 13.4. The number of ketones is 1. The summed E-state index contributed by atoms with van der Waals surface area (Å²) in [4.78, 5) is 30.9. The monoisotopic (exact) mass is 410 g/mol. The van der Waals surface area contributed by atoms with E-state index in [9.17, 15) is 9.59 Å². The number of rotatable bonds is 7. The maximum Gasteiger partial charge on any atom is 0.262 e. The second kappa shape index (κ2) is 8.93. The van der Waals surface area contributed by atoms with Crippen LogP contribution in [0.15, 0.2) is 52.4 Å². The van der Waals surface area contributed by atoms with E-state index in [1.807, 2.05) is 64.1 Å². The van der Waals surface area contributed by atoms with Gasteiger partial charge in [0.2, 0.25) is 0 Å². The van der Waals surface area contributed by atoms with E-state index in [1.54, 1.807) is 17.7 Å². The summed E-state index contributed by atoms with van der Waals surface area (Å²) in [5, 5.41) is 0.710. The van der Waals surface area contributed by atoms with E-state index in [2.05, 4.69) is 0 Å².